The third kappa shape index (κ3) is 11.4. The van der Waals surface area contributed by atoms with Crippen molar-refractivity contribution in [3.8, 4) is 11.5 Å². The molecule has 43 heavy (non-hydrogen) atoms. The third-order valence-corrected chi connectivity index (χ3v) is 7.21. The highest BCUT2D eigenvalue weighted by molar-refractivity contribution is 6.34. The van der Waals surface area contributed by atoms with Crippen LogP contribution in [0.2, 0.25) is 10.0 Å². The molecule has 0 radical (unpaired) electrons. The predicted molar refractivity (Wildman–Crippen MR) is 168 cm³/mol. The maximum atomic E-state index is 13.2. The lowest BCUT2D eigenvalue weighted by atomic mass is 10.1. The van der Waals surface area contributed by atoms with E-state index in [1.54, 1.807) is 42.2 Å². The zero-order valence-electron chi connectivity index (χ0n) is 25.0. The summed E-state index contributed by atoms with van der Waals surface area (Å²) in [7, 11) is 0. The highest BCUT2D eigenvalue weighted by Crippen LogP contribution is 2.23. The van der Waals surface area contributed by atoms with E-state index >= 15 is 0 Å². The normalized spacial score (nSPS) is 11.7. The SMILES string of the molecule is CCOC(Cc1ccc(OCCN(CCCOCc2cc(Cl)cc(Cl)c2)C(=O)Oc2cc(C)c(C)cc2C)cc1)C(=O)O. The second-order valence-electron chi connectivity index (χ2n) is 10.2. The topological polar surface area (TPSA) is 94.5 Å². The van der Waals surface area contributed by atoms with Gasteiger partial charge in [-0.25, -0.2) is 9.59 Å². The summed E-state index contributed by atoms with van der Waals surface area (Å²) in [5.74, 6) is 0.133. The number of hydrogen-bond donors (Lipinski definition) is 1. The highest BCUT2D eigenvalue weighted by Gasteiger charge is 2.19. The van der Waals surface area contributed by atoms with Gasteiger partial charge in [-0.15, -0.1) is 0 Å². The summed E-state index contributed by atoms with van der Waals surface area (Å²) in [6.45, 7) is 9.68. The number of aryl methyl sites for hydroxylation is 3. The number of ether oxygens (including phenoxy) is 4. The Bertz CT molecular complexity index is 1340. The van der Waals surface area contributed by atoms with Crippen LogP contribution in [-0.4, -0.2) is 61.1 Å². The number of hydrogen-bond acceptors (Lipinski definition) is 6. The maximum Gasteiger partial charge on any atom is 0.415 e. The van der Waals surface area contributed by atoms with Crippen LogP contribution in [0.3, 0.4) is 0 Å². The van der Waals surface area contributed by atoms with Gasteiger partial charge in [-0.3, -0.25) is 0 Å². The monoisotopic (exact) mass is 631 g/mol. The smallest absolute Gasteiger partial charge is 0.415 e. The molecule has 3 rings (SSSR count). The van der Waals surface area contributed by atoms with E-state index in [1.807, 2.05) is 45.0 Å². The number of carbonyl (C=O) groups is 2. The van der Waals surface area contributed by atoms with Gasteiger partial charge in [0, 0.05) is 36.2 Å². The number of carbonyl (C=O) groups excluding carboxylic acids is 1. The van der Waals surface area contributed by atoms with Crippen molar-refractivity contribution in [3.63, 3.8) is 0 Å². The van der Waals surface area contributed by atoms with Crippen molar-refractivity contribution in [2.24, 2.45) is 0 Å². The Balaban J connectivity index is 1.57. The van der Waals surface area contributed by atoms with Crippen LogP contribution in [-0.2, 0) is 27.3 Å². The van der Waals surface area contributed by atoms with Crippen LogP contribution in [0.4, 0.5) is 4.79 Å². The second kappa shape index (κ2) is 17.1. The van der Waals surface area contributed by atoms with Gasteiger partial charge in [-0.1, -0.05) is 41.4 Å². The molecule has 10 heteroatoms. The molecule has 3 aromatic carbocycles. The number of aliphatic carboxylic acids is 1. The van der Waals surface area contributed by atoms with E-state index in [1.165, 1.54) is 0 Å². The molecule has 0 saturated heterocycles. The standard InChI is InChI=1S/C33H39Cl2NO7/c1-5-41-31(32(37)38)19-25-7-9-29(10-8-25)42-14-12-36(33(39)43-30-16-23(3)22(2)15-24(30)4)11-6-13-40-21-26-17-27(34)20-28(35)18-26/h7-10,15-18,20,31H,5-6,11-14,19,21H2,1-4H3,(H,37,38). The van der Waals surface area contributed by atoms with Crippen molar-refractivity contribution >= 4 is 35.3 Å². The van der Waals surface area contributed by atoms with Gasteiger partial charge in [0.25, 0.3) is 0 Å². The van der Waals surface area contributed by atoms with Crippen LogP contribution >= 0.6 is 23.2 Å². The molecule has 0 aliphatic heterocycles. The quantitative estimate of drug-likeness (QED) is 0.164. The number of nitrogens with zero attached hydrogens (tertiary/aromatic N) is 1. The van der Waals surface area contributed by atoms with E-state index in [0.717, 1.165) is 27.8 Å². The molecule has 0 heterocycles. The van der Waals surface area contributed by atoms with E-state index in [2.05, 4.69) is 0 Å². The van der Waals surface area contributed by atoms with E-state index in [4.69, 9.17) is 42.1 Å². The Morgan fingerprint density at radius 1 is 0.860 bits per heavy atom. The van der Waals surface area contributed by atoms with Crippen LogP contribution in [0.5, 0.6) is 11.5 Å². The van der Waals surface area contributed by atoms with E-state index in [9.17, 15) is 14.7 Å². The first-order chi connectivity index (χ1) is 20.5. The number of halogens is 2. The average molecular weight is 633 g/mol. The van der Waals surface area contributed by atoms with Gasteiger partial charge >= 0.3 is 12.1 Å². The molecule has 0 aliphatic carbocycles. The summed E-state index contributed by atoms with van der Waals surface area (Å²) >= 11 is 12.1. The third-order valence-electron chi connectivity index (χ3n) is 6.77. The fraction of sp³-hybridized carbons (Fsp3) is 0.394. The Morgan fingerprint density at radius 3 is 2.19 bits per heavy atom. The van der Waals surface area contributed by atoms with Crippen molar-refractivity contribution in [2.45, 2.75) is 53.2 Å². The summed E-state index contributed by atoms with van der Waals surface area (Å²) in [4.78, 5) is 26.2. The average Bonchev–Trinajstić information content (AvgIpc) is 2.94. The zero-order chi connectivity index (χ0) is 31.4. The zero-order valence-corrected chi connectivity index (χ0v) is 26.5. The van der Waals surface area contributed by atoms with E-state index < -0.39 is 18.2 Å². The minimum Gasteiger partial charge on any atom is -0.492 e. The first-order valence-corrected chi connectivity index (χ1v) is 14.9. The maximum absolute atomic E-state index is 13.2. The molecular weight excluding hydrogens is 593 g/mol. The first kappa shape index (κ1) is 34.2. The van der Waals surface area contributed by atoms with E-state index in [-0.39, 0.29) is 13.0 Å². The second-order valence-corrected chi connectivity index (χ2v) is 11.1. The van der Waals surface area contributed by atoms with Crippen molar-refractivity contribution in [2.75, 3.05) is 32.9 Å². The molecule has 0 saturated carbocycles. The van der Waals surface area contributed by atoms with Crippen molar-refractivity contribution in [1.29, 1.82) is 0 Å². The fourth-order valence-corrected chi connectivity index (χ4v) is 4.94. The Labute approximate surface area is 263 Å². The molecule has 0 aliphatic rings. The summed E-state index contributed by atoms with van der Waals surface area (Å²) in [6, 6.07) is 16.3. The molecule has 1 unspecified atom stereocenters. The van der Waals surface area contributed by atoms with Gasteiger partial charge in [-0.2, -0.15) is 0 Å². The minimum absolute atomic E-state index is 0.235. The molecule has 1 amide bonds. The molecule has 0 aromatic heterocycles. The van der Waals surface area contributed by atoms with Gasteiger partial charge in [0.05, 0.1) is 13.2 Å². The van der Waals surface area contributed by atoms with Crippen LogP contribution in [0.15, 0.2) is 54.6 Å². The summed E-state index contributed by atoms with van der Waals surface area (Å²) in [6.07, 6.45) is -0.533. The molecule has 232 valence electrons. The molecule has 1 atom stereocenters. The summed E-state index contributed by atoms with van der Waals surface area (Å²) in [5.41, 5.74) is 4.74. The van der Waals surface area contributed by atoms with Gasteiger partial charge in [0.2, 0.25) is 0 Å². The number of benzene rings is 3. The molecule has 0 spiro atoms. The van der Waals surface area contributed by atoms with Gasteiger partial charge in [0.1, 0.15) is 18.1 Å². The molecule has 1 N–H and O–H groups in total. The van der Waals surface area contributed by atoms with Gasteiger partial charge < -0.3 is 29.0 Å². The lowest BCUT2D eigenvalue weighted by molar-refractivity contribution is -0.149. The lowest BCUT2D eigenvalue weighted by Crippen LogP contribution is -2.38. The van der Waals surface area contributed by atoms with Crippen molar-refractivity contribution in [3.05, 3.63) is 92.5 Å². The van der Waals surface area contributed by atoms with Crippen molar-refractivity contribution in [1.82, 2.24) is 4.90 Å². The summed E-state index contributed by atoms with van der Waals surface area (Å²) in [5, 5.41) is 10.4. The van der Waals surface area contributed by atoms with E-state index in [0.29, 0.717) is 60.9 Å². The number of carboxylic acids is 1. The first-order valence-electron chi connectivity index (χ1n) is 14.2. The predicted octanol–water partition coefficient (Wildman–Crippen LogP) is 7.44. The van der Waals surface area contributed by atoms with Crippen LogP contribution < -0.4 is 9.47 Å². The van der Waals surface area contributed by atoms with Gasteiger partial charge in [0.15, 0.2) is 6.10 Å². The molecular formula is C33H39Cl2NO7. The largest absolute Gasteiger partial charge is 0.492 e. The molecule has 0 fully saturated rings. The molecule has 3 aromatic rings. The Hall–Kier alpha value is -3.30. The fourth-order valence-electron chi connectivity index (χ4n) is 4.37. The highest BCUT2D eigenvalue weighted by atomic mass is 35.5. The van der Waals surface area contributed by atoms with Crippen LogP contribution in [0, 0.1) is 20.8 Å². The van der Waals surface area contributed by atoms with Crippen LogP contribution in [0.25, 0.3) is 0 Å². The van der Waals surface area contributed by atoms with Gasteiger partial charge in [-0.05, 0) is 98.3 Å². The van der Waals surface area contributed by atoms with Crippen molar-refractivity contribution < 1.29 is 33.6 Å². The minimum atomic E-state index is -0.996. The number of rotatable bonds is 16. The number of carboxylic acid groups (broad SMARTS) is 1. The lowest BCUT2D eigenvalue weighted by Gasteiger charge is -2.23. The van der Waals surface area contributed by atoms with Crippen LogP contribution in [0.1, 0.15) is 41.2 Å². The Kier molecular flexibility index (Phi) is 13.6. The molecule has 8 nitrogen and oxygen atoms in total. The summed E-state index contributed by atoms with van der Waals surface area (Å²) < 4.78 is 22.8. The molecule has 0 bridgehead atoms. The number of amides is 1. The Morgan fingerprint density at radius 2 is 1.53 bits per heavy atom.